The van der Waals surface area contributed by atoms with Crippen LogP contribution in [0.4, 0.5) is 22.4 Å². The van der Waals surface area contributed by atoms with Crippen LogP contribution in [-0.4, -0.2) is 94.9 Å². The van der Waals surface area contributed by atoms with E-state index in [-0.39, 0.29) is 48.8 Å². The van der Waals surface area contributed by atoms with E-state index in [0.717, 1.165) is 60.4 Å². The lowest BCUT2D eigenvalue weighted by atomic mass is 9.86. The molecule has 2 aliphatic rings. The lowest BCUT2D eigenvalue weighted by Gasteiger charge is -2.31. The van der Waals surface area contributed by atoms with Crippen molar-refractivity contribution in [1.82, 2.24) is 30.8 Å². The van der Waals surface area contributed by atoms with Gasteiger partial charge < -0.3 is 45.7 Å². The molecule has 0 spiro atoms. The maximum absolute atomic E-state index is 13.8. The topological polar surface area (TPSA) is 185 Å². The summed E-state index contributed by atoms with van der Waals surface area (Å²) in [4.78, 5) is 37.0. The van der Waals surface area contributed by atoms with Crippen molar-refractivity contribution in [2.75, 3.05) is 26.3 Å². The Balaban J connectivity index is 0.000000250. The minimum Gasteiger partial charge on any atom is -0.493 e. The minimum absolute atomic E-state index is 0.00295. The summed E-state index contributed by atoms with van der Waals surface area (Å²) in [7, 11) is 0. The molecule has 18 heteroatoms. The van der Waals surface area contributed by atoms with E-state index in [9.17, 15) is 42.2 Å². The summed E-state index contributed by atoms with van der Waals surface area (Å²) in [5.41, 5.74) is 4.77. The largest absolute Gasteiger partial charge is 0.493 e. The van der Waals surface area contributed by atoms with Crippen LogP contribution in [-0.2, 0) is 40.0 Å². The Morgan fingerprint density at radius 1 is 0.684 bits per heavy atom. The third-order valence-electron chi connectivity index (χ3n) is 12.2. The zero-order chi connectivity index (χ0) is 55.8. The minimum atomic E-state index is -1.05. The molecule has 2 unspecified atom stereocenters. The highest BCUT2D eigenvalue weighted by Crippen LogP contribution is 2.36. The molecular formula is C58H76F4N6O8. The number of carbonyl (C=O) groups excluding carboxylic acids is 3. The molecule has 0 fully saturated rings. The van der Waals surface area contributed by atoms with Gasteiger partial charge in [0, 0.05) is 73.7 Å². The molecule has 6 N–H and O–H groups in total. The standard InChI is InChI=1S/C29H40F2N2O4.C25H32F2N2O3.C4H4N2O/c1-28(2,3)16-18-7-8-26-22(13-18)23(9-10-36-26)32-17-25(34)24(33-27(35)37-29(4,5)6)14-19-11-20(30)15-21(31)12-19;1-25(2,3)13-16-4-5-24-20(10-16)21(6-7-32-24)28-14-23(31)22(29-15-30)11-17-8-18(26)12-19(27)9-17;7-4-6-2-1-5-3-6/h7-8,11-13,15,23-25,32,34H,9-10,14,16-17H2,1-6H3,(H,33,35);4-5,8-10,12,15,21-23,28,31H,6-7,11,13-14H2,1-3H3,(H,29,30);1-4H/t23-,24?,25+;21-,22?,23+;/m00./s1. The van der Waals surface area contributed by atoms with Gasteiger partial charge in [-0.1, -0.05) is 65.8 Å². The molecule has 76 heavy (non-hydrogen) atoms. The van der Waals surface area contributed by atoms with Gasteiger partial charge in [-0.3, -0.25) is 14.2 Å². The molecule has 1 aromatic heterocycles. The molecule has 5 aromatic rings. The van der Waals surface area contributed by atoms with Crippen molar-refractivity contribution in [3.63, 3.8) is 0 Å². The first-order valence-corrected chi connectivity index (χ1v) is 25.6. The smallest absolute Gasteiger partial charge is 0.407 e. The molecule has 0 saturated heterocycles. The number of hydrogen-bond acceptors (Lipinski definition) is 11. The molecule has 0 bridgehead atoms. The van der Waals surface area contributed by atoms with Crippen LogP contribution in [0.5, 0.6) is 11.5 Å². The van der Waals surface area contributed by atoms with Crippen molar-refractivity contribution < 1.29 is 56.4 Å². The van der Waals surface area contributed by atoms with Crippen molar-refractivity contribution in [2.45, 2.75) is 143 Å². The van der Waals surface area contributed by atoms with E-state index in [1.165, 1.54) is 46.3 Å². The Morgan fingerprint density at radius 2 is 1.13 bits per heavy atom. The number of nitrogens with one attached hydrogen (secondary N) is 4. The van der Waals surface area contributed by atoms with Crippen molar-refractivity contribution in [1.29, 1.82) is 0 Å². The number of aliphatic hydroxyl groups excluding tert-OH is 2. The number of rotatable bonds is 18. The molecule has 4 aromatic carbocycles. The summed E-state index contributed by atoms with van der Waals surface area (Å²) in [6.45, 7) is 19.8. The molecule has 2 amide bonds. The number of carbonyl (C=O) groups is 3. The number of benzene rings is 4. The van der Waals surface area contributed by atoms with Gasteiger partial charge in [0.05, 0.1) is 37.5 Å². The van der Waals surface area contributed by atoms with Crippen molar-refractivity contribution in [3.05, 3.63) is 148 Å². The first kappa shape index (κ1) is 60.5. The highest BCUT2D eigenvalue weighted by Gasteiger charge is 2.30. The number of halogens is 4. The predicted octanol–water partition coefficient (Wildman–Crippen LogP) is 9.07. The average Bonchev–Trinajstić information content (AvgIpc) is 3.85. The van der Waals surface area contributed by atoms with Crippen molar-refractivity contribution >= 4 is 18.9 Å². The average molecular weight is 1060 g/mol. The molecule has 0 aliphatic carbocycles. The zero-order valence-electron chi connectivity index (χ0n) is 45.1. The second-order valence-electron chi connectivity index (χ2n) is 22.8. The highest BCUT2D eigenvalue weighted by atomic mass is 19.1. The summed E-state index contributed by atoms with van der Waals surface area (Å²) in [5.74, 6) is -1.18. The van der Waals surface area contributed by atoms with Gasteiger partial charge in [0.1, 0.15) is 46.7 Å². The number of fused-ring (bicyclic) bond motifs is 2. The molecule has 7 rings (SSSR count). The number of amides is 2. The molecule has 414 valence electrons. The van der Waals surface area contributed by atoms with E-state index in [1.807, 2.05) is 12.1 Å². The van der Waals surface area contributed by atoms with Gasteiger partial charge in [-0.25, -0.2) is 27.3 Å². The predicted molar refractivity (Wildman–Crippen MR) is 284 cm³/mol. The fraction of sp³-hybridized carbons (Fsp3) is 0.483. The maximum Gasteiger partial charge on any atom is 0.407 e. The van der Waals surface area contributed by atoms with Gasteiger partial charge in [0.15, 0.2) is 0 Å². The summed E-state index contributed by atoms with van der Waals surface area (Å²) in [5, 5.41) is 33.9. The zero-order valence-corrected chi connectivity index (χ0v) is 45.1. The highest BCUT2D eigenvalue weighted by molar-refractivity contribution is 5.68. The van der Waals surface area contributed by atoms with E-state index < -0.39 is 59.3 Å². The molecular weight excluding hydrogens is 985 g/mol. The van der Waals surface area contributed by atoms with Crippen LogP contribution < -0.4 is 30.7 Å². The van der Waals surface area contributed by atoms with E-state index in [4.69, 9.17) is 14.2 Å². The Morgan fingerprint density at radius 3 is 1.51 bits per heavy atom. The summed E-state index contributed by atoms with van der Waals surface area (Å²) >= 11 is 0. The van der Waals surface area contributed by atoms with Crippen molar-refractivity contribution in [2.24, 2.45) is 10.8 Å². The van der Waals surface area contributed by atoms with Crippen molar-refractivity contribution in [3.8, 4) is 11.5 Å². The number of ether oxygens (including phenoxy) is 3. The number of aromatic nitrogens is 2. The van der Waals surface area contributed by atoms with Gasteiger partial charge in [0.25, 0.3) is 0 Å². The van der Waals surface area contributed by atoms with E-state index >= 15 is 0 Å². The number of nitrogens with zero attached hydrogens (tertiary/aromatic N) is 2. The Kier molecular flexibility index (Phi) is 22.0. The molecule has 2 aliphatic heterocycles. The summed E-state index contributed by atoms with van der Waals surface area (Å²) in [6, 6.07) is 17.3. The SMILES string of the molecule is CC(C)(C)Cc1ccc2c(c1)[C@@H](NC[C@@H](O)C(Cc1cc(F)cc(F)c1)NC(=O)OC(C)(C)C)CCO2.CC(C)(C)Cc1ccc2c(c1)[C@@H](NC[C@@H](O)C(Cc1cc(F)cc(F)c1)NC=O)CCO2.O=Cn1ccnc1. The lowest BCUT2D eigenvalue weighted by molar-refractivity contribution is -0.110. The molecule has 14 nitrogen and oxygen atoms in total. The van der Waals surface area contributed by atoms with Crippen LogP contribution in [0, 0.1) is 34.1 Å². The Labute approximate surface area is 444 Å². The van der Waals surface area contributed by atoms with Gasteiger partial charge >= 0.3 is 6.09 Å². The first-order chi connectivity index (χ1) is 35.8. The van der Waals surface area contributed by atoms with E-state index in [0.29, 0.717) is 37.2 Å². The van der Waals surface area contributed by atoms with Gasteiger partial charge in [-0.2, -0.15) is 0 Å². The number of aliphatic hydroxyl groups is 2. The second-order valence-corrected chi connectivity index (χ2v) is 22.8. The van der Waals surface area contributed by atoms with Gasteiger partial charge in [0.2, 0.25) is 12.8 Å². The Hall–Kier alpha value is -6.34. The van der Waals surface area contributed by atoms with Gasteiger partial charge in [-0.15, -0.1) is 0 Å². The van der Waals surface area contributed by atoms with Gasteiger partial charge in [-0.05, 0) is 116 Å². The number of alkyl carbamates (subject to hydrolysis) is 1. The quantitative estimate of drug-likeness (QED) is 0.0364. The van der Waals surface area contributed by atoms with Crippen LogP contribution in [0.25, 0.3) is 0 Å². The summed E-state index contributed by atoms with van der Waals surface area (Å²) in [6.07, 6.45) is 6.49. The van der Waals surface area contributed by atoms with Crippen LogP contribution in [0.2, 0.25) is 0 Å². The fourth-order valence-corrected chi connectivity index (χ4v) is 9.00. The molecule has 3 heterocycles. The van der Waals surface area contributed by atoms with Crippen LogP contribution in [0.15, 0.2) is 91.5 Å². The number of hydrogen-bond donors (Lipinski definition) is 6. The first-order valence-electron chi connectivity index (χ1n) is 25.6. The Bertz CT molecular complexity index is 2610. The van der Waals surface area contributed by atoms with E-state index in [2.05, 4.69) is 92.1 Å². The number of imidazole rings is 1. The van der Waals surface area contributed by atoms with E-state index in [1.54, 1.807) is 33.2 Å². The maximum atomic E-state index is 13.8. The summed E-state index contributed by atoms with van der Waals surface area (Å²) < 4.78 is 72.9. The van der Waals surface area contributed by atoms with Crippen LogP contribution in [0.1, 0.15) is 121 Å². The molecule has 0 saturated carbocycles. The van der Waals surface area contributed by atoms with Crippen LogP contribution in [0.3, 0.4) is 0 Å². The lowest BCUT2D eigenvalue weighted by Crippen LogP contribution is -2.50. The monoisotopic (exact) mass is 1060 g/mol. The van der Waals surface area contributed by atoms with Crippen LogP contribution >= 0.6 is 0 Å². The fourth-order valence-electron chi connectivity index (χ4n) is 9.00. The molecule has 6 atom stereocenters. The second kappa shape index (κ2) is 27.6. The third-order valence-corrected chi connectivity index (χ3v) is 12.2. The third kappa shape index (κ3) is 20.7. The molecule has 0 radical (unpaired) electrons. The normalized spacial score (nSPS) is 16.7.